The molecule has 0 aliphatic carbocycles. The van der Waals surface area contributed by atoms with E-state index in [-0.39, 0.29) is 11.3 Å². The first-order chi connectivity index (χ1) is 11.2. The topological polar surface area (TPSA) is 57.5 Å². The SMILES string of the molecule is O=C(O)c1c(Cc2ccccc2O)cccc1-c1ccccc1. The zero-order valence-corrected chi connectivity index (χ0v) is 12.4. The van der Waals surface area contributed by atoms with E-state index < -0.39 is 5.97 Å². The standard InChI is InChI=1S/C20H16O3/c21-18-12-5-4-9-15(18)13-16-10-6-11-17(19(16)20(22)23)14-7-2-1-3-8-14/h1-12,21H,13H2,(H,22,23). The van der Waals surface area contributed by atoms with E-state index in [0.29, 0.717) is 23.1 Å². The lowest BCUT2D eigenvalue weighted by molar-refractivity contribution is 0.0696. The molecule has 3 heteroatoms. The maximum Gasteiger partial charge on any atom is 0.336 e. The Morgan fingerprint density at radius 1 is 0.783 bits per heavy atom. The number of phenolic OH excluding ortho intramolecular Hbond substituents is 1. The predicted octanol–water partition coefficient (Wildman–Crippen LogP) is 4.35. The molecular weight excluding hydrogens is 288 g/mol. The molecular formula is C20H16O3. The van der Waals surface area contributed by atoms with Gasteiger partial charge in [-0.25, -0.2) is 4.79 Å². The lowest BCUT2D eigenvalue weighted by Gasteiger charge is -2.12. The fourth-order valence-electron chi connectivity index (χ4n) is 2.72. The summed E-state index contributed by atoms with van der Waals surface area (Å²) in [6.07, 6.45) is 0.370. The van der Waals surface area contributed by atoms with Gasteiger partial charge in [-0.2, -0.15) is 0 Å². The Morgan fingerprint density at radius 3 is 2.13 bits per heavy atom. The maximum absolute atomic E-state index is 11.8. The van der Waals surface area contributed by atoms with Crippen LogP contribution >= 0.6 is 0 Å². The second kappa shape index (κ2) is 6.36. The third kappa shape index (κ3) is 3.09. The molecule has 0 radical (unpaired) electrons. The summed E-state index contributed by atoms with van der Waals surface area (Å²) in [6, 6.07) is 21.9. The number of phenols is 1. The van der Waals surface area contributed by atoms with Crippen LogP contribution in [0.3, 0.4) is 0 Å². The Labute approximate surface area is 134 Å². The molecule has 0 aliphatic rings. The molecule has 0 saturated heterocycles. The number of rotatable bonds is 4. The van der Waals surface area contributed by atoms with E-state index in [9.17, 15) is 15.0 Å². The van der Waals surface area contributed by atoms with Gasteiger partial charge in [-0.05, 0) is 28.3 Å². The van der Waals surface area contributed by atoms with Crippen molar-refractivity contribution < 1.29 is 15.0 Å². The zero-order chi connectivity index (χ0) is 16.2. The van der Waals surface area contributed by atoms with Crippen LogP contribution < -0.4 is 0 Å². The molecule has 0 saturated carbocycles. The second-order valence-corrected chi connectivity index (χ2v) is 5.32. The number of carbonyl (C=O) groups is 1. The molecule has 3 aromatic rings. The molecule has 3 nitrogen and oxygen atoms in total. The highest BCUT2D eigenvalue weighted by Crippen LogP contribution is 2.29. The van der Waals surface area contributed by atoms with Gasteiger partial charge in [0, 0.05) is 6.42 Å². The van der Waals surface area contributed by atoms with Crippen molar-refractivity contribution in [3.05, 3.63) is 89.5 Å². The molecule has 0 aliphatic heterocycles. The Bertz CT molecular complexity index is 839. The summed E-state index contributed by atoms with van der Waals surface area (Å²) in [6.45, 7) is 0. The number of aromatic carboxylic acids is 1. The van der Waals surface area contributed by atoms with Crippen molar-refractivity contribution in [2.75, 3.05) is 0 Å². The average molecular weight is 304 g/mol. The van der Waals surface area contributed by atoms with Gasteiger partial charge in [0.05, 0.1) is 5.56 Å². The van der Waals surface area contributed by atoms with E-state index in [1.807, 2.05) is 48.5 Å². The van der Waals surface area contributed by atoms with Gasteiger partial charge in [-0.15, -0.1) is 0 Å². The lowest BCUT2D eigenvalue weighted by atomic mass is 9.92. The van der Waals surface area contributed by atoms with Gasteiger partial charge in [-0.1, -0.05) is 66.7 Å². The van der Waals surface area contributed by atoms with E-state index in [2.05, 4.69) is 0 Å². The fourth-order valence-corrected chi connectivity index (χ4v) is 2.72. The van der Waals surface area contributed by atoms with Crippen LogP contribution in [0.2, 0.25) is 0 Å². The van der Waals surface area contributed by atoms with Gasteiger partial charge in [0.1, 0.15) is 5.75 Å². The molecule has 0 amide bonds. The fraction of sp³-hybridized carbons (Fsp3) is 0.0500. The zero-order valence-electron chi connectivity index (χ0n) is 12.4. The monoisotopic (exact) mass is 304 g/mol. The number of hydrogen-bond acceptors (Lipinski definition) is 2. The van der Waals surface area contributed by atoms with Gasteiger partial charge < -0.3 is 10.2 Å². The van der Waals surface area contributed by atoms with Crippen LogP contribution in [0.15, 0.2) is 72.8 Å². The largest absolute Gasteiger partial charge is 0.508 e. The van der Waals surface area contributed by atoms with Crippen LogP contribution in [0.25, 0.3) is 11.1 Å². The van der Waals surface area contributed by atoms with Crippen molar-refractivity contribution in [2.24, 2.45) is 0 Å². The molecule has 114 valence electrons. The van der Waals surface area contributed by atoms with Crippen LogP contribution in [-0.2, 0) is 6.42 Å². The highest BCUT2D eigenvalue weighted by molar-refractivity contribution is 5.97. The number of benzene rings is 3. The highest BCUT2D eigenvalue weighted by atomic mass is 16.4. The van der Waals surface area contributed by atoms with Gasteiger partial charge in [0.2, 0.25) is 0 Å². The summed E-state index contributed by atoms with van der Waals surface area (Å²) in [5.41, 5.74) is 3.22. The molecule has 0 atom stereocenters. The second-order valence-electron chi connectivity index (χ2n) is 5.32. The summed E-state index contributed by atoms with van der Waals surface area (Å²) in [4.78, 5) is 11.8. The Balaban J connectivity index is 2.11. The van der Waals surface area contributed by atoms with Crippen LogP contribution in [0, 0.1) is 0 Å². The molecule has 23 heavy (non-hydrogen) atoms. The molecule has 3 aromatic carbocycles. The predicted molar refractivity (Wildman–Crippen MR) is 89.8 cm³/mol. The first-order valence-electron chi connectivity index (χ1n) is 7.34. The van der Waals surface area contributed by atoms with E-state index >= 15 is 0 Å². The molecule has 3 rings (SSSR count). The van der Waals surface area contributed by atoms with E-state index in [0.717, 1.165) is 5.56 Å². The molecule has 0 spiro atoms. The molecule has 2 N–H and O–H groups in total. The Morgan fingerprint density at radius 2 is 1.43 bits per heavy atom. The Hall–Kier alpha value is -3.07. The Kier molecular flexibility index (Phi) is 4.11. The van der Waals surface area contributed by atoms with Gasteiger partial charge in [-0.3, -0.25) is 0 Å². The minimum atomic E-state index is -0.963. The van der Waals surface area contributed by atoms with Crippen molar-refractivity contribution in [3.8, 4) is 16.9 Å². The summed E-state index contributed by atoms with van der Waals surface area (Å²) in [5.74, 6) is -0.788. The van der Waals surface area contributed by atoms with Crippen molar-refractivity contribution in [3.63, 3.8) is 0 Å². The number of hydrogen-bond donors (Lipinski definition) is 2. The minimum Gasteiger partial charge on any atom is -0.508 e. The maximum atomic E-state index is 11.8. The molecule has 0 heterocycles. The summed E-state index contributed by atoms with van der Waals surface area (Å²) >= 11 is 0. The third-order valence-corrected chi connectivity index (χ3v) is 3.82. The van der Waals surface area contributed by atoms with Crippen LogP contribution in [-0.4, -0.2) is 16.2 Å². The van der Waals surface area contributed by atoms with Gasteiger partial charge in [0.15, 0.2) is 0 Å². The summed E-state index contributed by atoms with van der Waals surface area (Å²) in [7, 11) is 0. The highest BCUT2D eigenvalue weighted by Gasteiger charge is 2.17. The van der Waals surface area contributed by atoms with Crippen molar-refractivity contribution in [1.29, 1.82) is 0 Å². The summed E-state index contributed by atoms with van der Waals surface area (Å²) in [5, 5.41) is 19.6. The number of carboxylic acid groups (broad SMARTS) is 1. The smallest absolute Gasteiger partial charge is 0.336 e. The number of aromatic hydroxyl groups is 1. The van der Waals surface area contributed by atoms with Crippen LogP contribution in [0.1, 0.15) is 21.5 Å². The van der Waals surface area contributed by atoms with Crippen molar-refractivity contribution >= 4 is 5.97 Å². The van der Waals surface area contributed by atoms with Crippen molar-refractivity contribution in [1.82, 2.24) is 0 Å². The summed E-state index contributed by atoms with van der Waals surface area (Å²) < 4.78 is 0. The molecule has 0 fully saturated rings. The molecule has 0 unspecified atom stereocenters. The number of para-hydroxylation sites is 1. The minimum absolute atomic E-state index is 0.175. The van der Waals surface area contributed by atoms with E-state index in [4.69, 9.17) is 0 Å². The first-order valence-corrected chi connectivity index (χ1v) is 7.34. The normalized spacial score (nSPS) is 10.4. The van der Waals surface area contributed by atoms with E-state index in [1.165, 1.54) is 0 Å². The molecule has 0 aromatic heterocycles. The van der Waals surface area contributed by atoms with Gasteiger partial charge in [0.25, 0.3) is 0 Å². The molecule has 0 bridgehead atoms. The van der Waals surface area contributed by atoms with Crippen molar-refractivity contribution in [2.45, 2.75) is 6.42 Å². The number of carboxylic acids is 1. The van der Waals surface area contributed by atoms with Crippen LogP contribution in [0.5, 0.6) is 5.75 Å². The quantitative estimate of drug-likeness (QED) is 0.753. The third-order valence-electron chi connectivity index (χ3n) is 3.82. The first kappa shape index (κ1) is 14.9. The lowest BCUT2D eigenvalue weighted by Crippen LogP contribution is -2.06. The van der Waals surface area contributed by atoms with Crippen LogP contribution in [0.4, 0.5) is 0 Å². The van der Waals surface area contributed by atoms with E-state index in [1.54, 1.807) is 24.3 Å². The average Bonchev–Trinajstić information content (AvgIpc) is 2.57. The van der Waals surface area contributed by atoms with Gasteiger partial charge >= 0.3 is 5.97 Å².